The van der Waals surface area contributed by atoms with E-state index in [9.17, 15) is 0 Å². The van der Waals surface area contributed by atoms with Gasteiger partial charge in [-0.2, -0.15) is 5.10 Å². The van der Waals surface area contributed by atoms with Crippen molar-refractivity contribution in [3.8, 4) is 11.5 Å². The predicted molar refractivity (Wildman–Crippen MR) is 74.4 cm³/mol. The van der Waals surface area contributed by atoms with E-state index in [1.165, 1.54) is 0 Å². The van der Waals surface area contributed by atoms with E-state index in [0.717, 1.165) is 24.5 Å². The highest BCUT2D eigenvalue weighted by Gasteiger charge is 1.98. The van der Waals surface area contributed by atoms with Gasteiger partial charge in [-0.3, -0.25) is 4.68 Å². The van der Waals surface area contributed by atoms with Crippen LogP contribution in [0.5, 0.6) is 11.5 Å². The fourth-order valence-corrected chi connectivity index (χ4v) is 1.74. The molecule has 1 aromatic carbocycles. The van der Waals surface area contributed by atoms with E-state index in [1.54, 1.807) is 6.07 Å². The fourth-order valence-electron chi connectivity index (χ4n) is 1.74. The number of nitrogen functional groups attached to an aromatic ring is 1. The molecule has 2 rings (SSSR count). The maximum atomic E-state index is 5.67. The monoisotopic (exact) mass is 261 g/mol. The predicted octanol–water partition coefficient (Wildman–Crippen LogP) is 2.33. The average molecular weight is 261 g/mol. The first-order valence-corrected chi connectivity index (χ1v) is 6.42. The van der Waals surface area contributed by atoms with E-state index in [2.05, 4.69) is 5.10 Å². The van der Waals surface area contributed by atoms with Crippen molar-refractivity contribution in [3.05, 3.63) is 36.5 Å². The third kappa shape index (κ3) is 4.21. The minimum atomic E-state index is 0.547. The van der Waals surface area contributed by atoms with Gasteiger partial charge < -0.3 is 15.2 Å². The van der Waals surface area contributed by atoms with Crippen molar-refractivity contribution >= 4 is 5.82 Å². The maximum absolute atomic E-state index is 5.67. The molecule has 19 heavy (non-hydrogen) atoms. The maximum Gasteiger partial charge on any atom is 0.145 e. The SMILES string of the molecule is CCOc1cccc(OCCCn2ccc(N)n2)c1. The molecule has 102 valence electrons. The van der Waals surface area contributed by atoms with Gasteiger partial charge in [0.2, 0.25) is 0 Å². The van der Waals surface area contributed by atoms with Gasteiger partial charge in [-0.15, -0.1) is 0 Å². The molecular weight excluding hydrogens is 242 g/mol. The first-order valence-electron chi connectivity index (χ1n) is 6.42. The number of nitrogens with zero attached hydrogens (tertiary/aromatic N) is 2. The fraction of sp³-hybridized carbons (Fsp3) is 0.357. The highest BCUT2D eigenvalue weighted by molar-refractivity contribution is 5.32. The lowest BCUT2D eigenvalue weighted by atomic mass is 10.3. The van der Waals surface area contributed by atoms with Crippen molar-refractivity contribution in [2.75, 3.05) is 18.9 Å². The zero-order valence-electron chi connectivity index (χ0n) is 11.1. The molecule has 0 fully saturated rings. The Morgan fingerprint density at radius 1 is 1.21 bits per heavy atom. The average Bonchev–Trinajstić information content (AvgIpc) is 2.82. The van der Waals surface area contributed by atoms with Gasteiger partial charge in [-0.1, -0.05) is 6.07 Å². The molecule has 2 N–H and O–H groups in total. The number of hydrogen-bond acceptors (Lipinski definition) is 4. The second-order valence-electron chi connectivity index (χ2n) is 4.11. The molecule has 1 heterocycles. The van der Waals surface area contributed by atoms with Gasteiger partial charge in [-0.05, 0) is 25.1 Å². The third-order valence-electron chi connectivity index (χ3n) is 2.58. The number of hydrogen-bond donors (Lipinski definition) is 1. The minimum absolute atomic E-state index is 0.547. The highest BCUT2D eigenvalue weighted by atomic mass is 16.5. The van der Waals surface area contributed by atoms with Gasteiger partial charge in [0, 0.05) is 25.2 Å². The molecule has 0 radical (unpaired) electrons. The third-order valence-corrected chi connectivity index (χ3v) is 2.58. The van der Waals surface area contributed by atoms with Crippen LogP contribution in [0.1, 0.15) is 13.3 Å². The van der Waals surface area contributed by atoms with Gasteiger partial charge in [0.1, 0.15) is 17.3 Å². The summed E-state index contributed by atoms with van der Waals surface area (Å²) in [4.78, 5) is 0. The van der Waals surface area contributed by atoms with Crippen molar-refractivity contribution in [3.63, 3.8) is 0 Å². The van der Waals surface area contributed by atoms with E-state index in [4.69, 9.17) is 15.2 Å². The van der Waals surface area contributed by atoms with Crippen LogP contribution in [0, 0.1) is 0 Å². The lowest BCUT2D eigenvalue weighted by molar-refractivity contribution is 0.294. The van der Waals surface area contributed by atoms with Crippen LogP contribution >= 0.6 is 0 Å². The van der Waals surface area contributed by atoms with Crippen LogP contribution in [0.4, 0.5) is 5.82 Å². The molecule has 0 aliphatic carbocycles. The molecule has 0 spiro atoms. The summed E-state index contributed by atoms with van der Waals surface area (Å²) in [5, 5.41) is 4.11. The Kier molecular flexibility index (Phi) is 4.66. The highest BCUT2D eigenvalue weighted by Crippen LogP contribution is 2.19. The summed E-state index contributed by atoms with van der Waals surface area (Å²) in [6.45, 7) is 4.05. The zero-order valence-corrected chi connectivity index (χ0v) is 11.1. The lowest BCUT2D eigenvalue weighted by Gasteiger charge is -2.08. The van der Waals surface area contributed by atoms with E-state index in [1.807, 2.05) is 42.1 Å². The quantitative estimate of drug-likeness (QED) is 0.777. The summed E-state index contributed by atoms with van der Waals surface area (Å²) in [5.41, 5.74) is 5.54. The molecule has 0 amide bonds. The Hall–Kier alpha value is -2.17. The number of aromatic nitrogens is 2. The van der Waals surface area contributed by atoms with Gasteiger partial charge in [0.15, 0.2) is 0 Å². The van der Waals surface area contributed by atoms with Crippen LogP contribution in [-0.4, -0.2) is 23.0 Å². The lowest BCUT2D eigenvalue weighted by Crippen LogP contribution is -2.05. The van der Waals surface area contributed by atoms with Crippen molar-refractivity contribution < 1.29 is 9.47 Å². The van der Waals surface area contributed by atoms with Crippen LogP contribution < -0.4 is 15.2 Å². The Bertz CT molecular complexity index is 511. The van der Waals surface area contributed by atoms with Crippen LogP contribution in [0.15, 0.2) is 36.5 Å². The molecule has 0 saturated heterocycles. The Morgan fingerprint density at radius 3 is 2.68 bits per heavy atom. The normalized spacial score (nSPS) is 10.4. The minimum Gasteiger partial charge on any atom is -0.494 e. The second-order valence-corrected chi connectivity index (χ2v) is 4.11. The number of ether oxygens (including phenoxy) is 2. The number of aryl methyl sites for hydroxylation is 1. The number of nitrogens with two attached hydrogens (primary N) is 1. The Balaban J connectivity index is 1.74. The topological polar surface area (TPSA) is 62.3 Å². The summed E-state index contributed by atoms with van der Waals surface area (Å²) in [6, 6.07) is 9.45. The Morgan fingerprint density at radius 2 is 2.00 bits per heavy atom. The summed E-state index contributed by atoms with van der Waals surface area (Å²) < 4.78 is 12.9. The van der Waals surface area contributed by atoms with Gasteiger partial charge in [0.05, 0.1) is 13.2 Å². The molecule has 0 aliphatic heterocycles. The molecule has 1 aromatic heterocycles. The largest absolute Gasteiger partial charge is 0.494 e. The van der Waals surface area contributed by atoms with Gasteiger partial charge in [0.25, 0.3) is 0 Å². The smallest absolute Gasteiger partial charge is 0.145 e. The van der Waals surface area contributed by atoms with E-state index in [-0.39, 0.29) is 0 Å². The van der Waals surface area contributed by atoms with Crippen molar-refractivity contribution in [2.45, 2.75) is 19.9 Å². The van der Waals surface area contributed by atoms with Crippen molar-refractivity contribution in [2.24, 2.45) is 0 Å². The van der Waals surface area contributed by atoms with E-state index >= 15 is 0 Å². The summed E-state index contributed by atoms with van der Waals surface area (Å²) >= 11 is 0. The van der Waals surface area contributed by atoms with Crippen LogP contribution in [0.25, 0.3) is 0 Å². The van der Waals surface area contributed by atoms with E-state index in [0.29, 0.717) is 19.0 Å². The summed E-state index contributed by atoms with van der Waals surface area (Å²) in [7, 11) is 0. The van der Waals surface area contributed by atoms with Gasteiger partial charge in [-0.25, -0.2) is 0 Å². The number of rotatable bonds is 7. The molecule has 0 atom stereocenters. The first-order chi connectivity index (χ1) is 9.28. The molecular formula is C14H19N3O2. The van der Waals surface area contributed by atoms with Crippen molar-refractivity contribution in [1.29, 1.82) is 0 Å². The molecule has 0 bridgehead atoms. The summed E-state index contributed by atoms with van der Waals surface area (Å²) in [6.07, 6.45) is 2.74. The van der Waals surface area contributed by atoms with Crippen LogP contribution in [-0.2, 0) is 6.54 Å². The molecule has 5 nitrogen and oxygen atoms in total. The molecule has 5 heteroatoms. The molecule has 0 aliphatic rings. The zero-order chi connectivity index (χ0) is 13.5. The van der Waals surface area contributed by atoms with Crippen molar-refractivity contribution in [1.82, 2.24) is 9.78 Å². The number of benzene rings is 1. The molecule has 0 unspecified atom stereocenters. The van der Waals surface area contributed by atoms with E-state index < -0.39 is 0 Å². The summed E-state index contributed by atoms with van der Waals surface area (Å²) in [5.74, 6) is 2.20. The molecule has 0 saturated carbocycles. The van der Waals surface area contributed by atoms with Crippen LogP contribution in [0.2, 0.25) is 0 Å². The molecule has 2 aromatic rings. The standard InChI is InChI=1S/C14H19N3O2/c1-2-18-12-5-3-6-13(11-12)19-10-4-8-17-9-7-14(15)16-17/h3,5-7,9,11H,2,4,8,10H2,1H3,(H2,15,16). The Labute approximate surface area is 112 Å². The second kappa shape index (κ2) is 6.68. The van der Waals surface area contributed by atoms with Crippen LogP contribution in [0.3, 0.4) is 0 Å². The van der Waals surface area contributed by atoms with Gasteiger partial charge >= 0.3 is 0 Å². The first kappa shape index (κ1) is 13.3. The number of anilines is 1.